The highest BCUT2D eigenvalue weighted by atomic mass is 16.1. The summed E-state index contributed by atoms with van der Waals surface area (Å²) in [6.07, 6.45) is 3.47. The molecule has 0 atom stereocenters. The van der Waals surface area contributed by atoms with Gasteiger partial charge in [0.25, 0.3) is 0 Å². The van der Waals surface area contributed by atoms with Gasteiger partial charge in [-0.25, -0.2) is 0 Å². The lowest BCUT2D eigenvalue weighted by Gasteiger charge is -2.03. The lowest BCUT2D eigenvalue weighted by Crippen LogP contribution is -2.17. The summed E-state index contributed by atoms with van der Waals surface area (Å²) in [7, 11) is 0. The maximum Gasteiger partial charge on any atom is 0.211 e. The Morgan fingerprint density at radius 2 is 2.18 bits per heavy atom. The summed E-state index contributed by atoms with van der Waals surface area (Å²) in [4.78, 5) is 11.2. The van der Waals surface area contributed by atoms with Crippen molar-refractivity contribution >= 4 is 11.5 Å². The normalized spacial score (nSPS) is 20.8. The van der Waals surface area contributed by atoms with Crippen LogP contribution in [0.5, 0.6) is 0 Å². The van der Waals surface area contributed by atoms with E-state index in [1.54, 1.807) is 19.1 Å². The maximum absolute atomic E-state index is 11.2. The third-order valence-electron chi connectivity index (χ3n) is 1.60. The number of ketones is 1. The Balaban J connectivity index is 2.54. The smallest absolute Gasteiger partial charge is 0.211 e. The monoisotopic (exact) mass is 147 g/mol. The Bertz CT molecular complexity index is 347. The number of allylic oxidation sites excluding steroid dienone is 4. The Morgan fingerprint density at radius 1 is 1.36 bits per heavy atom. The Morgan fingerprint density at radius 3 is 3.00 bits per heavy atom. The van der Waals surface area contributed by atoms with Crippen molar-refractivity contribution < 1.29 is 4.79 Å². The molecule has 1 aliphatic carbocycles. The quantitative estimate of drug-likeness (QED) is 0.475. The van der Waals surface area contributed by atoms with Crippen molar-refractivity contribution in [3.05, 3.63) is 23.4 Å². The zero-order chi connectivity index (χ0) is 7.84. The predicted octanol–water partition coefficient (Wildman–Crippen LogP) is 1.22. The Kier molecular flexibility index (Phi) is 1.09. The van der Waals surface area contributed by atoms with Gasteiger partial charge in [0, 0.05) is 0 Å². The van der Waals surface area contributed by atoms with Gasteiger partial charge in [-0.1, -0.05) is 6.08 Å². The number of nitrogens with zero attached hydrogens (tertiary/aromatic N) is 3. The second kappa shape index (κ2) is 1.95. The van der Waals surface area contributed by atoms with E-state index in [0.29, 0.717) is 17.0 Å². The number of rotatable bonds is 0. The molecule has 2 rings (SSSR count). The molecule has 0 aromatic heterocycles. The van der Waals surface area contributed by atoms with Crippen LogP contribution in [0.1, 0.15) is 6.92 Å². The largest absolute Gasteiger partial charge is 0.287 e. The van der Waals surface area contributed by atoms with Crippen molar-refractivity contribution in [1.29, 1.82) is 0 Å². The molecule has 0 amide bonds. The summed E-state index contributed by atoms with van der Waals surface area (Å²) in [5, 5.41) is 10.7. The first kappa shape index (κ1) is 6.15. The third kappa shape index (κ3) is 0.756. The van der Waals surface area contributed by atoms with Crippen LogP contribution in [0.4, 0.5) is 0 Å². The van der Waals surface area contributed by atoms with Crippen LogP contribution >= 0.6 is 0 Å². The summed E-state index contributed by atoms with van der Waals surface area (Å²) >= 11 is 0. The topological polar surface area (TPSA) is 54.1 Å². The number of hydrogen-bond donors (Lipinski definition) is 0. The van der Waals surface area contributed by atoms with E-state index in [9.17, 15) is 4.79 Å². The number of carbonyl (C=O) groups excluding carboxylic acids is 1. The molecule has 0 radical (unpaired) electrons. The molecule has 0 spiro atoms. The van der Waals surface area contributed by atoms with Crippen molar-refractivity contribution in [1.82, 2.24) is 0 Å². The minimum Gasteiger partial charge on any atom is -0.287 e. The van der Waals surface area contributed by atoms with Crippen molar-refractivity contribution in [2.24, 2.45) is 15.4 Å². The van der Waals surface area contributed by atoms with Gasteiger partial charge >= 0.3 is 0 Å². The van der Waals surface area contributed by atoms with Crippen LogP contribution in [0.25, 0.3) is 0 Å². The SMILES string of the molecule is CC1=CC=C2N=NN=C2C1=O. The predicted molar refractivity (Wildman–Crippen MR) is 39.1 cm³/mol. The van der Waals surface area contributed by atoms with Crippen LogP contribution in [-0.2, 0) is 4.79 Å². The van der Waals surface area contributed by atoms with E-state index in [1.165, 1.54) is 0 Å². The highest BCUT2D eigenvalue weighted by molar-refractivity contribution is 6.52. The fourth-order valence-electron chi connectivity index (χ4n) is 0.954. The van der Waals surface area contributed by atoms with Gasteiger partial charge in [0.05, 0.1) is 0 Å². The van der Waals surface area contributed by atoms with E-state index in [-0.39, 0.29) is 5.78 Å². The van der Waals surface area contributed by atoms with Crippen molar-refractivity contribution in [2.45, 2.75) is 6.92 Å². The number of Topliss-reactive ketones (excluding diaryl/α,β-unsaturated/α-hetero) is 1. The molecule has 0 bridgehead atoms. The summed E-state index contributed by atoms with van der Waals surface area (Å²) in [5.41, 5.74) is 1.62. The first-order valence-corrected chi connectivity index (χ1v) is 3.21. The zero-order valence-corrected chi connectivity index (χ0v) is 5.90. The average molecular weight is 147 g/mol. The summed E-state index contributed by atoms with van der Waals surface area (Å²) in [6.45, 7) is 1.75. The van der Waals surface area contributed by atoms with E-state index in [0.717, 1.165) is 0 Å². The van der Waals surface area contributed by atoms with Gasteiger partial charge < -0.3 is 0 Å². The molecule has 11 heavy (non-hydrogen) atoms. The standard InChI is InChI=1S/C7H5N3O/c1-4-2-3-5-6(7(4)11)9-10-8-5/h2-3H,1H3. The lowest BCUT2D eigenvalue weighted by atomic mass is 10.0. The highest BCUT2D eigenvalue weighted by Crippen LogP contribution is 2.18. The van der Waals surface area contributed by atoms with Gasteiger partial charge in [0.1, 0.15) is 5.70 Å². The van der Waals surface area contributed by atoms with E-state index in [1.807, 2.05) is 0 Å². The third-order valence-corrected chi connectivity index (χ3v) is 1.60. The highest BCUT2D eigenvalue weighted by Gasteiger charge is 2.24. The van der Waals surface area contributed by atoms with Crippen LogP contribution in [-0.4, -0.2) is 11.5 Å². The molecule has 0 unspecified atom stereocenters. The van der Waals surface area contributed by atoms with Crippen LogP contribution in [0.15, 0.2) is 38.9 Å². The van der Waals surface area contributed by atoms with E-state index in [2.05, 4.69) is 15.4 Å². The summed E-state index contributed by atoms with van der Waals surface area (Å²) < 4.78 is 0. The van der Waals surface area contributed by atoms with Gasteiger partial charge in [0.2, 0.25) is 5.78 Å². The molecule has 4 nitrogen and oxygen atoms in total. The molecule has 0 saturated carbocycles. The van der Waals surface area contributed by atoms with Crippen LogP contribution in [0.3, 0.4) is 0 Å². The molecule has 0 N–H and O–H groups in total. The Hall–Kier alpha value is -1.58. The average Bonchev–Trinajstić information content (AvgIpc) is 2.45. The molecule has 2 aliphatic rings. The van der Waals surface area contributed by atoms with Gasteiger partial charge in [-0.2, -0.15) is 0 Å². The second-order valence-electron chi connectivity index (χ2n) is 2.37. The van der Waals surface area contributed by atoms with E-state index in [4.69, 9.17) is 0 Å². The molecule has 0 aromatic rings. The lowest BCUT2D eigenvalue weighted by molar-refractivity contribution is -0.109. The van der Waals surface area contributed by atoms with Crippen LogP contribution < -0.4 is 0 Å². The molecule has 0 fully saturated rings. The minimum absolute atomic E-state index is 0.0764. The van der Waals surface area contributed by atoms with Gasteiger partial charge in [-0.05, 0) is 23.8 Å². The molecular formula is C7H5N3O. The molecule has 1 heterocycles. The fraction of sp³-hybridized carbons (Fsp3) is 0.143. The van der Waals surface area contributed by atoms with E-state index >= 15 is 0 Å². The number of fused-ring (bicyclic) bond motifs is 1. The van der Waals surface area contributed by atoms with Crippen LogP contribution in [0, 0.1) is 0 Å². The van der Waals surface area contributed by atoms with Gasteiger partial charge in [-0.3, -0.25) is 4.79 Å². The minimum atomic E-state index is -0.0764. The van der Waals surface area contributed by atoms with Crippen molar-refractivity contribution in [3.8, 4) is 0 Å². The summed E-state index contributed by atoms with van der Waals surface area (Å²) in [6, 6.07) is 0. The molecule has 4 heteroatoms. The second-order valence-corrected chi connectivity index (χ2v) is 2.37. The molecule has 0 aromatic carbocycles. The first-order valence-electron chi connectivity index (χ1n) is 3.21. The van der Waals surface area contributed by atoms with Crippen LogP contribution in [0.2, 0.25) is 0 Å². The Labute approximate surface area is 63.0 Å². The van der Waals surface area contributed by atoms with Gasteiger partial charge in [0.15, 0.2) is 5.71 Å². The first-order chi connectivity index (χ1) is 5.29. The number of hydrogen-bond acceptors (Lipinski definition) is 4. The maximum atomic E-state index is 11.2. The number of carbonyl (C=O) groups is 1. The van der Waals surface area contributed by atoms with Crippen molar-refractivity contribution in [2.75, 3.05) is 0 Å². The molecule has 1 aliphatic heterocycles. The summed E-state index contributed by atoms with van der Waals surface area (Å²) in [5.74, 6) is -0.0764. The zero-order valence-electron chi connectivity index (χ0n) is 5.90. The molecular weight excluding hydrogens is 142 g/mol. The fourth-order valence-corrected chi connectivity index (χ4v) is 0.954. The molecule has 0 saturated heterocycles. The van der Waals surface area contributed by atoms with Gasteiger partial charge in [-0.15, -0.1) is 10.2 Å². The molecule has 54 valence electrons. The van der Waals surface area contributed by atoms with Crippen molar-refractivity contribution in [3.63, 3.8) is 0 Å². The van der Waals surface area contributed by atoms with E-state index < -0.39 is 0 Å².